The van der Waals surface area contributed by atoms with Crippen molar-refractivity contribution < 1.29 is 17.9 Å². The summed E-state index contributed by atoms with van der Waals surface area (Å²) in [6, 6.07) is 4.74. The molecule has 0 radical (unpaired) electrons. The van der Waals surface area contributed by atoms with Gasteiger partial charge in [-0.25, -0.2) is 13.1 Å². The summed E-state index contributed by atoms with van der Waals surface area (Å²) in [7, 11) is -3.68. The first-order valence-electron chi connectivity index (χ1n) is 9.12. The van der Waals surface area contributed by atoms with E-state index in [1.807, 2.05) is 11.8 Å². The Hall–Kier alpha value is -1.31. The molecule has 1 N–H and O–H groups in total. The summed E-state index contributed by atoms with van der Waals surface area (Å²) in [6.07, 6.45) is 4.88. The van der Waals surface area contributed by atoms with E-state index in [2.05, 4.69) is 4.72 Å². The fourth-order valence-corrected chi connectivity index (χ4v) is 5.05. The molecule has 2 fully saturated rings. The van der Waals surface area contributed by atoms with E-state index >= 15 is 0 Å². The second-order valence-corrected chi connectivity index (χ2v) is 9.11. The number of nitrogens with one attached hydrogen (secondary N) is 1. The molecule has 144 valence electrons. The summed E-state index contributed by atoms with van der Waals surface area (Å²) < 4.78 is 33.1. The third-order valence-electron chi connectivity index (χ3n) is 5.08. The topological polar surface area (TPSA) is 75.7 Å². The van der Waals surface area contributed by atoms with Gasteiger partial charge in [-0.2, -0.15) is 0 Å². The van der Waals surface area contributed by atoms with Gasteiger partial charge in [-0.3, -0.25) is 4.79 Å². The molecule has 1 atom stereocenters. The normalized spacial score (nSPS) is 21.5. The highest BCUT2D eigenvalue weighted by atomic mass is 35.5. The lowest BCUT2D eigenvalue weighted by Gasteiger charge is -2.24. The number of sulfonamides is 1. The Morgan fingerprint density at radius 3 is 2.73 bits per heavy atom. The highest BCUT2D eigenvalue weighted by molar-refractivity contribution is 7.89. The lowest BCUT2D eigenvalue weighted by molar-refractivity contribution is -0.129. The van der Waals surface area contributed by atoms with E-state index < -0.39 is 10.0 Å². The monoisotopic (exact) mass is 400 g/mol. The van der Waals surface area contributed by atoms with Crippen LogP contribution in [0.1, 0.15) is 39.0 Å². The zero-order valence-corrected chi connectivity index (χ0v) is 16.5. The molecule has 1 amide bonds. The highest BCUT2D eigenvalue weighted by Crippen LogP contribution is 2.30. The number of hydrogen-bond acceptors (Lipinski definition) is 4. The molecule has 1 aromatic carbocycles. The summed E-state index contributed by atoms with van der Waals surface area (Å²) in [5.41, 5.74) is 0. The molecular weight excluding hydrogens is 376 g/mol. The molecule has 0 spiro atoms. The third kappa shape index (κ3) is 4.32. The van der Waals surface area contributed by atoms with E-state index in [4.69, 9.17) is 16.3 Å². The Morgan fingerprint density at radius 2 is 2.04 bits per heavy atom. The highest BCUT2D eigenvalue weighted by Gasteiger charge is 2.35. The maximum absolute atomic E-state index is 12.6. The second kappa shape index (κ2) is 8.15. The Labute approximate surface area is 159 Å². The van der Waals surface area contributed by atoms with Crippen LogP contribution < -0.4 is 9.46 Å². The van der Waals surface area contributed by atoms with Crippen molar-refractivity contribution in [3.05, 3.63) is 23.2 Å². The van der Waals surface area contributed by atoms with Crippen LogP contribution in [-0.4, -0.2) is 45.0 Å². The van der Waals surface area contributed by atoms with Crippen LogP contribution in [0.5, 0.6) is 5.75 Å². The maximum Gasteiger partial charge on any atom is 0.240 e. The molecule has 2 aliphatic rings. The van der Waals surface area contributed by atoms with Gasteiger partial charge in [-0.15, -0.1) is 0 Å². The molecular formula is C18H25ClN2O4S. The number of nitrogens with zero attached hydrogens (tertiary/aromatic N) is 1. The van der Waals surface area contributed by atoms with Crippen LogP contribution in [0.2, 0.25) is 5.02 Å². The first-order chi connectivity index (χ1) is 12.4. The van der Waals surface area contributed by atoms with Gasteiger partial charge in [-0.05, 0) is 37.8 Å². The number of halogens is 1. The van der Waals surface area contributed by atoms with Crippen molar-refractivity contribution in [3.8, 4) is 5.75 Å². The smallest absolute Gasteiger partial charge is 0.240 e. The average Bonchev–Trinajstić information content (AvgIpc) is 3.24. The number of carbonyl (C=O) groups is 1. The molecule has 6 nitrogen and oxygen atoms in total. The zero-order valence-electron chi connectivity index (χ0n) is 14.9. The van der Waals surface area contributed by atoms with Crippen molar-refractivity contribution in [2.45, 2.75) is 50.0 Å². The first kappa shape index (κ1) is 19.5. The van der Waals surface area contributed by atoms with E-state index in [0.717, 1.165) is 12.8 Å². The summed E-state index contributed by atoms with van der Waals surface area (Å²) in [4.78, 5) is 14.3. The van der Waals surface area contributed by atoms with Crippen LogP contribution in [0.15, 0.2) is 23.1 Å². The van der Waals surface area contributed by atoms with Crippen molar-refractivity contribution in [2.24, 2.45) is 5.92 Å². The van der Waals surface area contributed by atoms with Gasteiger partial charge in [0, 0.05) is 31.6 Å². The molecule has 1 aliphatic heterocycles. The summed E-state index contributed by atoms with van der Waals surface area (Å²) in [6.45, 7) is 3.10. The van der Waals surface area contributed by atoms with Crippen LogP contribution in [0, 0.1) is 5.92 Å². The molecule has 0 bridgehead atoms. The maximum atomic E-state index is 12.6. The molecule has 1 saturated heterocycles. The number of benzene rings is 1. The van der Waals surface area contributed by atoms with Crippen LogP contribution in [0.25, 0.3) is 0 Å². The van der Waals surface area contributed by atoms with Crippen molar-refractivity contribution in [3.63, 3.8) is 0 Å². The van der Waals surface area contributed by atoms with Gasteiger partial charge in [0.1, 0.15) is 5.75 Å². The minimum Gasteiger partial charge on any atom is -0.492 e. The van der Waals surface area contributed by atoms with Gasteiger partial charge in [0.05, 0.1) is 16.5 Å². The number of hydrogen-bond donors (Lipinski definition) is 1. The third-order valence-corrected chi connectivity index (χ3v) is 6.81. The van der Waals surface area contributed by atoms with Crippen LogP contribution in [-0.2, 0) is 14.8 Å². The van der Waals surface area contributed by atoms with Crippen molar-refractivity contribution in [1.29, 1.82) is 0 Å². The molecule has 1 unspecified atom stereocenters. The van der Waals surface area contributed by atoms with E-state index in [-0.39, 0.29) is 23.3 Å². The number of ether oxygens (including phenoxy) is 1. The molecule has 26 heavy (non-hydrogen) atoms. The zero-order chi connectivity index (χ0) is 18.7. The van der Waals surface area contributed by atoms with Gasteiger partial charge in [0.2, 0.25) is 15.9 Å². The van der Waals surface area contributed by atoms with Crippen LogP contribution in [0.4, 0.5) is 0 Å². The predicted molar refractivity (Wildman–Crippen MR) is 99.9 cm³/mol. The second-order valence-electron chi connectivity index (χ2n) is 6.93. The quantitative estimate of drug-likeness (QED) is 0.763. The fourth-order valence-electron chi connectivity index (χ4n) is 3.74. The number of rotatable bonds is 7. The summed E-state index contributed by atoms with van der Waals surface area (Å²) >= 11 is 6.02. The number of amides is 1. The van der Waals surface area contributed by atoms with Crippen molar-refractivity contribution in [2.75, 3.05) is 19.7 Å². The van der Waals surface area contributed by atoms with Gasteiger partial charge < -0.3 is 9.64 Å². The molecule has 0 aromatic heterocycles. The molecule has 1 heterocycles. The summed E-state index contributed by atoms with van der Waals surface area (Å²) in [5.74, 6) is 0.503. The van der Waals surface area contributed by atoms with Gasteiger partial charge in [0.25, 0.3) is 0 Å². The average molecular weight is 401 g/mol. The Kier molecular flexibility index (Phi) is 6.10. The van der Waals surface area contributed by atoms with E-state index in [9.17, 15) is 13.2 Å². The Bertz CT molecular complexity index is 762. The molecule has 3 rings (SSSR count). The van der Waals surface area contributed by atoms with Crippen LogP contribution in [0.3, 0.4) is 0 Å². The predicted octanol–water partition coefficient (Wildman–Crippen LogP) is 2.81. The number of carbonyl (C=O) groups excluding carboxylic acids is 1. The van der Waals surface area contributed by atoms with E-state index in [1.54, 1.807) is 0 Å². The lowest BCUT2D eigenvalue weighted by Crippen LogP contribution is -2.36. The molecule has 1 aromatic rings. The lowest BCUT2D eigenvalue weighted by atomic mass is 10.1. The fraction of sp³-hybridized carbons (Fsp3) is 0.611. The first-order valence-corrected chi connectivity index (χ1v) is 11.0. The molecule has 1 saturated carbocycles. The van der Waals surface area contributed by atoms with Gasteiger partial charge in [0.15, 0.2) is 0 Å². The van der Waals surface area contributed by atoms with Crippen LogP contribution >= 0.6 is 11.6 Å². The number of likely N-dealkylation sites (tertiary alicyclic amines) is 1. The minimum absolute atomic E-state index is 0.0107. The Balaban J connectivity index is 1.62. The largest absolute Gasteiger partial charge is 0.492 e. The SMILES string of the molecule is CCOc1cc(S(=O)(=O)NCC2CC(=O)N(C3CCCC3)C2)ccc1Cl. The Morgan fingerprint density at radius 1 is 1.31 bits per heavy atom. The summed E-state index contributed by atoms with van der Waals surface area (Å²) in [5, 5.41) is 0.374. The van der Waals surface area contributed by atoms with E-state index in [0.29, 0.717) is 36.4 Å². The van der Waals surface area contributed by atoms with Crippen molar-refractivity contribution in [1.82, 2.24) is 9.62 Å². The van der Waals surface area contributed by atoms with Crippen molar-refractivity contribution >= 4 is 27.5 Å². The van der Waals surface area contributed by atoms with Gasteiger partial charge in [-0.1, -0.05) is 24.4 Å². The standard InChI is InChI=1S/C18H25ClN2O4S/c1-2-25-17-10-15(7-8-16(17)19)26(23,24)20-11-13-9-18(22)21(12-13)14-5-3-4-6-14/h7-8,10,13-14,20H,2-6,9,11-12H2,1H3. The van der Waals surface area contributed by atoms with Gasteiger partial charge >= 0.3 is 0 Å². The van der Waals surface area contributed by atoms with E-state index in [1.165, 1.54) is 31.0 Å². The minimum atomic E-state index is -3.68. The molecule has 1 aliphatic carbocycles. The molecule has 8 heteroatoms.